The van der Waals surface area contributed by atoms with Gasteiger partial charge in [0.05, 0.1) is 5.56 Å². The number of rotatable bonds is 1. The molecule has 1 heterocycles. The van der Waals surface area contributed by atoms with Crippen LogP contribution in [-0.4, -0.2) is 13.1 Å². The van der Waals surface area contributed by atoms with Gasteiger partial charge in [0, 0.05) is 6.54 Å². The molecular formula is C13H16F3N. The van der Waals surface area contributed by atoms with Crippen LogP contribution in [0.2, 0.25) is 0 Å². The highest BCUT2D eigenvalue weighted by atomic mass is 19.4. The molecule has 1 fully saturated rings. The zero-order valence-corrected chi connectivity index (χ0v) is 9.72. The number of alkyl halides is 3. The Bertz CT molecular complexity index is 386. The Morgan fingerprint density at radius 1 is 1.18 bits per heavy atom. The van der Waals surface area contributed by atoms with E-state index >= 15 is 0 Å². The molecule has 2 unspecified atom stereocenters. The van der Waals surface area contributed by atoms with Crippen molar-refractivity contribution in [3.8, 4) is 0 Å². The Hall–Kier alpha value is -1.03. The molecule has 1 aromatic carbocycles. The highest BCUT2D eigenvalue weighted by Crippen LogP contribution is 2.37. The van der Waals surface area contributed by atoms with Crippen LogP contribution in [-0.2, 0) is 6.18 Å². The lowest BCUT2D eigenvalue weighted by molar-refractivity contribution is -0.138. The number of nitrogens with one attached hydrogen (secondary N) is 1. The van der Waals surface area contributed by atoms with Crippen LogP contribution in [0, 0.1) is 5.92 Å². The molecule has 94 valence electrons. The quantitative estimate of drug-likeness (QED) is 0.797. The summed E-state index contributed by atoms with van der Waals surface area (Å²) in [6.45, 7) is 3.59. The van der Waals surface area contributed by atoms with Crippen LogP contribution in [0.15, 0.2) is 24.3 Å². The summed E-state index contributed by atoms with van der Waals surface area (Å²) in [5, 5.41) is 3.19. The molecule has 0 bridgehead atoms. The van der Waals surface area contributed by atoms with Gasteiger partial charge >= 0.3 is 6.18 Å². The van der Waals surface area contributed by atoms with Gasteiger partial charge in [-0.15, -0.1) is 0 Å². The summed E-state index contributed by atoms with van der Waals surface area (Å²) in [7, 11) is 0. The fourth-order valence-corrected chi connectivity index (χ4v) is 2.50. The van der Waals surface area contributed by atoms with Crippen LogP contribution in [0.4, 0.5) is 13.2 Å². The van der Waals surface area contributed by atoms with Gasteiger partial charge in [-0.25, -0.2) is 0 Å². The number of piperidine rings is 1. The molecule has 0 spiro atoms. The second-order valence-electron chi connectivity index (χ2n) is 4.78. The molecule has 1 aliphatic heterocycles. The monoisotopic (exact) mass is 243 g/mol. The Balaban J connectivity index is 2.31. The van der Waals surface area contributed by atoms with Crippen LogP contribution in [0.25, 0.3) is 0 Å². The van der Waals surface area contributed by atoms with Crippen LogP contribution < -0.4 is 5.32 Å². The van der Waals surface area contributed by atoms with Gasteiger partial charge in [0.1, 0.15) is 0 Å². The number of hydrogen-bond donors (Lipinski definition) is 1. The largest absolute Gasteiger partial charge is 0.416 e. The molecule has 1 aromatic rings. The smallest absolute Gasteiger partial charge is 0.316 e. The first-order chi connectivity index (χ1) is 7.98. The third kappa shape index (κ3) is 2.80. The topological polar surface area (TPSA) is 12.0 Å². The lowest BCUT2D eigenvalue weighted by Gasteiger charge is -2.29. The zero-order chi connectivity index (χ0) is 12.5. The van der Waals surface area contributed by atoms with E-state index in [2.05, 4.69) is 12.2 Å². The molecule has 0 amide bonds. The van der Waals surface area contributed by atoms with Crippen LogP contribution in [0.3, 0.4) is 0 Å². The molecular weight excluding hydrogens is 227 g/mol. The molecule has 1 aliphatic rings. The number of halogens is 3. The van der Waals surface area contributed by atoms with Gasteiger partial charge in [0.15, 0.2) is 0 Å². The van der Waals surface area contributed by atoms with E-state index in [1.54, 1.807) is 12.1 Å². The molecule has 1 saturated heterocycles. The molecule has 0 aliphatic carbocycles. The van der Waals surface area contributed by atoms with Gasteiger partial charge < -0.3 is 5.32 Å². The van der Waals surface area contributed by atoms with Gasteiger partial charge in [-0.2, -0.15) is 13.2 Å². The summed E-state index contributed by atoms with van der Waals surface area (Å²) >= 11 is 0. The van der Waals surface area contributed by atoms with Crippen molar-refractivity contribution in [2.75, 3.05) is 13.1 Å². The first-order valence-electron chi connectivity index (χ1n) is 5.85. The highest BCUT2D eigenvalue weighted by molar-refractivity contribution is 5.33. The van der Waals surface area contributed by atoms with E-state index in [0.717, 1.165) is 13.0 Å². The summed E-state index contributed by atoms with van der Waals surface area (Å²) in [6, 6.07) is 5.91. The lowest BCUT2D eigenvalue weighted by atomic mass is 9.84. The summed E-state index contributed by atoms with van der Waals surface area (Å²) in [6.07, 6.45) is -3.43. The maximum Gasteiger partial charge on any atom is 0.416 e. The standard InChI is InChI=1S/C13H16F3N/c1-9-6-10(8-17-7-9)11-4-2-3-5-12(11)13(14,15)16/h2-5,9-10,17H,6-8H2,1H3. The molecule has 0 radical (unpaired) electrons. The van der Waals surface area contributed by atoms with Gasteiger partial charge in [-0.3, -0.25) is 0 Å². The van der Waals surface area contributed by atoms with E-state index in [1.165, 1.54) is 12.1 Å². The maximum atomic E-state index is 12.9. The fourth-order valence-electron chi connectivity index (χ4n) is 2.50. The highest BCUT2D eigenvalue weighted by Gasteiger charge is 2.35. The average molecular weight is 243 g/mol. The van der Waals surface area contributed by atoms with E-state index in [0.29, 0.717) is 18.0 Å². The van der Waals surface area contributed by atoms with Gasteiger partial charge in [0.2, 0.25) is 0 Å². The zero-order valence-electron chi connectivity index (χ0n) is 9.72. The molecule has 2 atom stereocenters. The van der Waals surface area contributed by atoms with Crippen molar-refractivity contribution in [3.63, 3.8) is 0 Å². The summed E-state index contributed by atoms with van der Waals surface area (Å²) < 4.78 is 38.6. The minimum absolute atomic E-state index is 0.0309. The van der Waals surface area contributed by atoms with E-state index < -0.39 is 11.7 Å². The van der Waals surface area contributed by atoms with E-state index in [1.807, 2.05) is 0 Å². The second-order valence-corrected chi connectivity index (χ2v) is 4.78. The molecule has 2 rings (SSSR count). The van der Waals surface area contributed by atoms with E-state index in [9.17, 15) is 13.2 Å². The molecule has 17 heavy (non-hydrogen) atoms. The van der Waals surface area contributed by atoms with Crippen molar-refractivity contribution in [2.24, 2.45) is 5.92 Å². The van der Waals surface area contributed by atoms with Crippen molar-refractivity contribution in [3.05, 3.63) is 35.4 Å². The van der Waals surface area contributed by atoms with Crippen molar-refractivity contribution in [1.29, 1.82) is 0 Å². The Morgan fingerprint density at radius 2 is 1.88 bits per heavy atom. The first-order valence-corrected chi connectivity index (χ1v) is 5.85. The number of hydrogen-bond acceptors (Lipinski definition) is 1. The Kier molecular flexibility index (Phi) is 3.43. The Morgan fingerprint density at radius 3 is 2.53 bits per heavy atom. The molecule has 1 nitrogen and oxygen atoms in total. The molecule has 0 aromatic heterocycles. The molecule has 0 saturated carbocycles. The van der Waals surface area contributed by atoms with Crippen molar-refractivity contribution in [1.82, 2.24) is 5.32 Å². The normalized spacial score (nSPS) is 25.9. The van der Waals surface area contributed by atoms with Crippen LogP contribution in [0.1, 0.15) is 30.4 Å². The summed E-state index contributed by atoms with van der Waals surface area (Å²) in [4.78, 5) is 0. The van der Waals surface area contributed by atoms with Gasteiger partial charge in [-0.05, 0) is 36.4 Å². The van der Waals surface area contributed by atoms with Crippen molar-refractivity contribution in [2.45, 2.75) is 25.4 Å². The molecule has 1 N–H and O–H groups in total. The third-order valence-corrected chi connectivity index (χ3v) is 3.28. The third-order valence-electron chi connectivity index (χ3n) is 3.28. The lowest BCUT2D eigenvalue weighted by Crippen LogP contribution is -2.34. The van der Waals surface area contributed by atoms with Crippen LogP contribution in [0.5, 0.6) is 0 Å². The minimum atomic E-state index is -4.25. The average Bonchev–Trinajstić information content (AvgIpc) is 2.28. The maximum absolute atomic E-state index is 12.9. The summed E-state index contributed by atoms with van der Waals surface area (Å²) in [5.74, 6) is 0.395. The predicted octanol–water partition coefficient (Wildman–Crippen LogP) is 3.42. The second kappa shape index (κ2) is 4.69. The first kappa shape index (κ1) is 12.4. The predicted molar refractivity (Wildman–Crippen MR) is 60.8 cm³/mol. The SMILES string of the molecule is CC1CNCC(c2ccccc2C(F)(F)F)C1. The van der Waals surface area contributed by atoms with E-state index in [-0.39, 0.29) is 5.92 Å². The van der Waals surface area contributed by atoms with Crippen molar-refractivity contribution < 1.29 is 13.2 Å². The van der Waals surface area contributed by atoms with Gasteiger partial charge in [0.25, 0.3) is 0 Å². The van der Waals surface area contributed by atoms with Crippen LogP contribution >= 0.6 is 0 Å². The van der Waals surface area contributed by atoms with Gasteiger partial charge in [-0.1, -0.05) is 25.1 Å². The number of benzene rings is 1. The fraction of sp³-hybridized carbons (Fsp3) is 0.538. The molecule has 4 heteroatoms. The summed E-state index contributed by atoms with van der Waals surface area (Å²) in [5.41, 5.74) is -0.0556. The minimum Gasteiger partial charge on any atom is -0.316 e. The van der Waals surface area contributed by atoms with Crippen molar-refractivity contribution >= 4 is 0 Å². The van der Waals surface area contributed by atoms with E-state index in [4.69, 9.17) is 0 Å². The Labute approximate surface area is 99.0 Å².